The van der Waals surface area contributed by atoms with E-state index in [-0.39, 0.29) is 11.7 Å². The van der Waals surface area contributed by atoms with Crippen LogP contribution in [0.25, 0.3) is 5.69 Å². The van der Waals surface area contributed by atoms with Gasteiger partial charge in [-0.2, -0.15) is 4.68 Å². The third-order valence-corrected chi connectivity index (χ3v) is 5.11. The molecule has 136 valence electrons. The minimum absolute atomic E-state index is 0.000549. The molecule has 2 aromatic rings. The molecular weight excluding hydrogens is 358 g/mol. The summed E-state index contributed by atoms with van der Waals surface area (Å²) in [6, 6.07) is 7.27. The van der Waals surface area contributed by atoms with E-state index in [0.717, 1.165) is 25.1 Å². The van der Waals surface area contributed by atoms with Crippen LogP contribution < -0.4 is 5.32 Å². The minimum Gasteiger partial charge on any atom is -0.355 e. The molecule has 0 radical (unpaired) electrons. The summed E-state index contributed by atoms with van der Waals surface area (Å²) >= 11 is 7.32. The first kappa shape index (κ1) is 19.7. The van der Waals surface area contributed by atoms with Crippen molar-refractivity contribution in [2.45, 2.75) is 44.7 Å². The third-order valence-electron chi connectivity index (χ3n) is 3.96. The van der Waals surface area contributed by atoms with Crippen molar-refractivity contribution in [1.29, 1.82) is 0 Å². The monoisotopic (exact) mass is 381 g/mol. The summed E-state index contributed by atoms with van der Waals surface area (Å²) < 4.78 is 1.58. The average molecular weight is 382 g/mol. The molecule has 1 amide bonds. The van der Waals surface area contributed by atoms with Crippen molar-refractivity contribution in [3.05, 3.63) is 29.3 Å². The van der Waals surface area contributed by atoms with Gasteiger partial charge in [-0.05, 0) is 41.0 Å². The van der Waals surface area contributed by atoms with Gasteiger partial charge in [-0.25, -0.2) is 0 Å². The molecule has 1 N–H and O–H groups in total. The highest BCUT2D eigenvalue weighted by Crippen LogP contribution is 2.20. The lowest BCUT2D eigenvalue weighted by molar-refractivity contribution is -0.118. The SMILES string of the molecule is CCCC[C@@H](CC)CNC(=O)CSc1nnnn1-c1cccc(Cl)c1. The lowest BCUT2D eigenvalue weighted by Gasteiger charge is -2.15. The molecule has 6 nitrogen and oxygen atoms in total. The summed E-state index contributed by atoms with van der Waals surface area (Å²) in [7, 11) is 0. The molecule has 0 saturated carbocycles. The minimum atomic E-state index is 0.000549. The van der Waals surface area contributed by atoms with Crippen LogP contribution >= 0.6 is 23.4 Å². The van der Waals surface area contributed by atoms with Gasteiger partial charge in [-0.3, -0.25) is 4.79 Å². The van der Waals surface area contributed by atoms with E-state index in [0.29, 0.717) is 16.1 Å². The smallest absolute Gasteiger partial charge is 0.230 e. The molecule has 0 spiro atoms. The topological polar surface area (TPSA) is 72.7 Å². The number of nitrogens with zero attached hydrogens (tertiary/aromatic N) is 4. The highest BCUT2D eigenvalue weighted by Gasteiger charge is 2.13. The van der Waals surface area contributed by atoms with Crippen LogP contribution in [0.1, 0.15) is 39.5 Å². The second-order valence-corrected chi connectivity index (χ2v) is 7.24. The van der Waals surface area contributed by atoms with Crippen LogP contribution in [-0.2, 0) is 4.79 Å². The first-order valence-electron chi connectivity index (χ1n) is 8.57. The average Bonchev–Trinajstić information content (AvgIpc) is 3.08. The van der Waals surface area contributed by atoms with Crippen LogP contribution in [-0.4, -0.2) is 38.4 Å². The maximum absolute atomic E-state index is 12.1. The van der Waals surface area contributed by atoms with Crippen LogP contribution in [0, 0.1) is 5.92 Å². The van der Waals surface area contributed by atoms with Crippen molar-refractivity contribution in [3.63, 3.8) is 0 Å². The normalized spacial score (nSPS) is 12.1. The molecule has 1 heterocycles. The number of unbranched alkanes of at least 4 members (excludes halogenated alkanes) is 1. The van der Waals surface area contributed by atoms with E-state index in [1.807, 2.05) is 12.1 Å². The number of hydrogen-bond acceptors (Lipinski definition) is 5. The summed E-state index contributed by atoms with van der Waals surface area (Å²) in [5, 5.41) is 15.8. The number of benzene rings is 1. The molecule has 8 heteroatoms. The first-order chi connectivity index (χ1) is 12.1. The highest BCUT2D eigenvalue weighted by molar-refractivity contribution is 7.99. The molecule has 1 atom stereocenters. The van der Waals surface area contributed by atoms with Crippen LogP contribution in [0.3, 0.4) is 0 Å². The van der Waals surface area contributed by atoms with E-state index in [9.17, 15) is 4.79 Å². The van der Waals surface area contributed by atoms with Gasteiger partial charge in [0.25, 0.3) is 0 Å². The fourth-order valence-corrected chi connectivity index (χ4v) is 3.33. The Hall–Kier alpha value is -1.60. The summed E-state index contributed by atoms with van der Waals surface area (Å²) in [6.07, 6.45) is 4.64. The number of carbonyl (C=O) groups is 1. The molecular formula is C17H24ClN5OS. The van der Waals surface area contributed by atoms with Gasteiger partial charge in [0, 0.05) is 11.6 Å². The predicted octanol–water partition coefficient (Wildman–Crippen LogP) is 3.74. The summed E-state index contributed by atoms with van der Waals surface area (Å²) in [6.45, 7) is 5.08. The van der Waals surface area contributed by atoms with E-state index in [2.05, 4.69) is 34.7 Å². The van der Waals surface area contributed by atoms with Crippen LogP contribution in [0.4, 0.5) is 0 Å². The molecule has 0 aliphatic heterocycles. The fourth-order valence-electron chi connectivity index (χ4n) is 2.42. The number of nitrogens with one attached hydrogen (secondary N) is 1. The number of hydrogen-bond donors (Lipinski definition) is 1. The second-order valence-electron chi connectivity index (χ2n) is 5.86. The Morgan fingerprint density at radius 1 is 1.40 bits per heavy atom. The lowest BCUT2D eigenvalue weighted by Crippen LogP contribution is -2.30. The summed E-state index contributed by atoms with van der Waals surface area (Å²) in [5.41, 5.74) is 0.769. The van der Waals surface area contributed by atoms with Crippen molar-refractivity contribution < 1.29 is 4.79 Å². The molecule has 1 aromatic carbocycles. The van der Waals surface area contributed by atoms with E-state index in [1.54, 1.807) is 16.8 Å². The fraction of sp³-hybridized carbons (Fsp3) is 0.529. The molecule has 0 saturated heterocycles. The van der Waals surface area contributed by atoms with Gasteiger partial charge in [-0.1, -0.05) is 62.5 Å². The molecule has 0 aliphatic carbocycles. The molecule has 2 rings (SSSR count). The van der Waals surface area contributed by atoms with Crippen LogP contribution in [0.5, 0.6) is 0 Å². The van der Waals surface area contributed by atoms with Gasteiger partial charge in [0.15, 0.2) is 0 Å². The van der Waals surface area contributed by atoms with Crippen molar-refractivity contribution in [2.24, 2.45) is 5.92 Å². The number of tetrazole rings is 1. The molecule has 25 heavy (non-hydrogen) atoms. The van der Waals surface area contributed by atoms with Crippen LogP contribution in [0.15, 0.2) is 29.4 Å². The molecule has 0 fully saturated rings. The number of thioether (sulfide) groups is 1. The van der Waals surface area contributed by atoms with Gasteiger partial charge in [-0.15, -0.1) is 5.10 Å². The predicted molar refractivity (Wildman–Crippen MR) is 101 cm³/mol. The largest absolute Gasteiger partial charge is 0.355 e. The number of aromatic nitrogens is 4. The Morgan fingerprint density at radius 3 is 2.96 bits per heavy atom. The standard InChI is InChI=1S/C17H24ClN5OS/c1-3-5-7-13(4-2)11-19-16(24)12-25-17-20-21-22-23(17)15-9-6-8-14(18)10-15/h6,8-10,13H,3-5,7,11-12H2,1-2H3,(H,19,24)/t13-/m1/s1. The number of carbonyl (C=O) groups excluding carboxylic acids is 1. The maximum atomic E-state index is 12.1. The van der Waals surface area contributed by atoms with Gasteiger partial charge in [0.1, 0.15) is 0 Å². The summed E-state index contributed by atoms with van der Waals surface area (Å²) in [4.78, 5) is 12.1. The Balaban J connectivity index is 1.85. The molecule has 0 aliphatic rings. The molecule has 0 unspecified atom stereocenters. The van der Waals surface area contributed by atoms with E-state index in [1.165, 1.54) is 24.6 Å². The van der Waals surface area contributed by atoms with Gasteiger partial charge >= 0.3 is 0 Å². The van der Waals surface area contributed by atoms with Gasteiger partial charge in [0.05, 0.1) is 11.4 Å². The van der Waals surface area contributed by atoms with Crippen molar-refractivity contribution in [2.75, 3.05) is 12.3 Å². The number of halogens is 1. The van der Waals surface area contributed by atoms with Crippen molar-refractivity contribution >= 4 is 29.3 Å². The first-order valence-corrected chi connectivity index (χ1v) is 9.94. The highest BCUT2D eigenvalue weighted by atomic mass is 35.5. The summed E-state index contributed by atoms with van der Waals surface area (Å²) in [5.74, 6) is 0.830. The second kappa shape index (κ2) is 10.4. The lowest BCUT2D eigenvalue weighted by atomic mass is 9.99. The molecule has 0 bridgehead atoms. The van der Waals surface area contributed by atoms with Crippen LogP contribution in [0.2, 0.25) is 5.02 Å². The zero-order valence-corrected chi connectivity index (χ0v) is 16.2. The third kappa shape index (κ3) is 6.32. The Morgan fingerprint density at radius 2 is 2.24 bits per heavy atom. The van der Waals surface area contributed by atoms with Crippen molar-refractivity contribution in [1.82, 2.24) is 25.5 Å². The maximum Gasteiger partial charge on any atom is 0.230 e. The quantitative estimate of drug-likeness (QED) is 0.634. The number of rotatable bonds is 10. The molecule has 1 aromatic heterocycles. The zero-order chi connectivity index (χ0) is 18.1. The van der Waals surface area contributed by atoms with E-state index < -0.39 is 0 Å². The Labute approximate surface area is 157 Å². The number of amides is 1. The van der Waals surface area contributed by atoms with Gasteiger partial charge in [0.2, 0.25) is 11.1 Å². The van der Waals surface area contributed by atoms with E-state index >= 15 is 0 Å². The van der Waals surface area contributed by atoms with Gasteiger partial charge < -0.3 is 5.32 Å². The van der Waals surface area contributed by atoms with E-state index in [4.69, 9.17) is 11.6 Å². The van der Waals surface area contributed by atoms with Crippen molar-refractivity contribution in [3.8, 4) is 5.69 Å². The Kier molecular flexibility index (Phi) is 8.21. The Bertz CT molecular complexity index is 679. The zero-order valence-electron chi connectivity index (χ0n) is 14.6.